The van der Waals surface area contributed by atoms with E-state index in [9.17, 15) is 19.5 Å². The molecule has 0 amide bonds. The zero-order valence-electron chi connectivity index (χ0n) is 15.9. The lowest BCUT2D eigenvalue weighted by molar-refractivity contribution is 0.0697. The lowest BCUT2D eigenvalue weighted by Crippen LogP contribution is -2.40. The fraction of sp³-hybridized carbons (Fsp3) is 0.300. The van der Waals surface area contributed by atoms with Gasteiger partial charge in [0, 0.05) is 18.7 Å². The number of carbonyl (C=O) groups is 1. The second kappa shape index (κ2) is 7.67. The highest BCUT2D eigenvalue weighted by molar-refractivity contribution is 5.90. The Labute approximate surface area is 160 Å². The fourth-order valence-corrected chi connectivity index (χ4v) is 3.22. The molecule has 28 heavy (non-hydrogen) atoms. The molecule has 0 fully saturated rings. The van der Waals surface area contributed by atoms with Gasteiger partial charge < -0.3 is 10.1 Å². The second-order valence-corrected chi connectivity index (χ2v) is 6.49. The third-order valence-electron chi connectivity index (χ3n) is 4.53. The number of nitrogens with one attached hydrogen (secondary N) is 1. The van der Waals surface area contributed by atoms with Gasteiger partial charge in [0.2, 0.25) is 0 Å². The van der Waals surface area contributed by atoms with E-state index in [2.05, 4.69) is 16.5 Å². The van der Waals surface area contributed by atoms with Crippen molar-refractivity contribution in [2.75, 3.05) is 0 Å². The Balaban J connectivity index is 2.31. The van der Waals surface area contributed by atoms with Crippen LogP contribution in [-0.4, -0.2) is 30.2 Å². The summed E-state index contributed by atoms with van der Waals surface area (Å²) in [6.45, 7) is 8.35. The number of H-pyrrole nitrogens is 1. The maximum atomic E-state index is 12.8. The van der Waals surface area contributed by atoms with Crippen molar-refractivity contribution in [3.63, 3.8) is 0 Å². The Hall–Kier alpha value is -3.42. The molecule has 8 heteroatoms. The maximum Gasteiger partial charge on any atom is 0.335 e. The lowest BCUT2D eigenvalue weighted by atomic mass is 10.0. The van der Waals surface area contributed by atoms with Gasteiger partial charge in [-0.25, -0.2) is 14.6 Å². The summed E-state index contributed by atoms with van der Waals surface area (Å²) in [5, 5.41) is 9.18. The number of aryl methyl sites for hydroxylation is 1. The highest BCUT2D eigenvalue weighted by Gasteiger charge is 2.18. The number of imidazole rings is 1. The molecule has 146 valence electrons. The van der Waals surface area contributed by atoms with Crippen molar-refractivity contribution >= 4 is 23.2 Å². The number of aromatic amines is 1. The number of carboxylic acids is 1. The zero-order valence-corrected chi connectivity index (χ0v) is 15.9. The van der Waals surface area contributed by atoms with Gasteiger partial charge in [0.25, 0.3) is 5.56 Å². The molecule has 0 saturated carbocycles. The second-order valence-electron chi connectivity index (χ2n) is 6.49. The first-order chi connectivity index (χ1) is 13.4. The predicted molar refractivity (Wildman–Crippen MR) is 108 cm³/mol. The van der Waals surface area contributed by atoms with Crippen molar-refractivity contribution in [1.29, 1.82) is 0 Å². The first-order valence-corrected chi connectivity index (χ1v) is 9.16. The molecule has 0 spiro atoms. The van der Waals surface area contributed by atoms with Gasteiger partial charge in [0.15, 0.2) is 5.65 Å². The van der Waals surface area contributed by atoms with Gasteiger partial charge >= 0.3 is 11.7 Å². The molecule has 0 saturated heterocycles. The number of nitrogens with zero attached hydrogens (tertiary/aromatic N) is 3. The van der Waals surface area contributed by atoms with E-state index in [0.29, 0.717) is 48.5 Å². The van der Waals surface area contributed by atoms with E-state index in [-0.39, 0.29) is 16.8 Å². The van der Waals surface area contributed by atoms with Gasteiger partial charge in [0.1, 0.15) is 11.3 Å². The van der Waals surface area contributed by atoms with E-state index >= 15 is 0 Å². The number of rotatable bonds is 7. The van der Waals surface area contributed by atoms with Gasteiger partial charge in [0.05, 0.1) is 5.56 Å². The molecule has 0 unspecified atom stereocenters. The van der Waals surface area contributed by atoms with Crippen molar-refractivity contribution < 1.29 is 9.90 Å². The van der Waals surface area contributed by atoms with Gasteiger partial charge in [-0.1, -0.05) is 26.5 Å². The molecular formula is C20H22N4O4. The maximum absolute atomic E-state index is 12.8. The van der Waals surface area contributed by atoms with Crippen LogP contribution in [0.15, 0.2) is 34.4 Å². The lowest BCUT2D eigenvalue weighted by Gasteiger charge is -2.09. The van der Waals surface area contributed by atoms with E-state index in [1.807, 2.05) is 13.8 Å². The summed E-state index contributed by atoms with van der Waals surface area (Å²) < 4.78 is 2.73. The molecule has 3 aromatic rings. The SMILES string of the molecule is C=Cc1cc(C(=O)O)ccc1-c1nc2c([nH]1)c(=O)n(CCC)c(=O)n2CCC. The third-order valence-corrected chi connectivity index (χ3v) is 4.53. The van der Waals surface area contributed by atoms with Crippen LogP contribution in [0.25, 0.3) is 28.6 Å². The quantitative estimate of drug-likeness (QED) is 0.653. The van der Waals surface area contributed by atoms with Crippen molar-refractivity contribution in [2.24, 2.45) is 0 Å². The number of hydrogen-bond donors (Lipinski definition) is 2. The van der Waals surface area contributed by atoms with Gasteiger partial charge in [-0.15, -0.1) is 0 Å². The van der Waals surface area contributed by atoms with Crippen LogP contribution in [0, 0.1) is 0 Å². The monoisotopic (exact) mass is 382 g/mol. The fourth-order valence-electron chi connectivity index (χ4n) is 3.22. The molecule has 0 radical (unpaired) electrons. The largest absolute Gasteiger partial charge is 0.478 e. The normalized spacial score (nSPS) is 11.1. The zero-order chi connectivity index (χ0) is 20.4. The van der Waals surface area contributed by atoms with Crippen LogP contribution >= 0.6 is 0 Å². The van der Waals surface area contributed by atoms with E-state index < -0.39 is 11.5 Å². The van der Waals surface area contributed by atoms with Crippen molar-refractivity contribution in [2.45, 2.75) is 39.8 Å². The standard InChI is InChI=1S/C20H22N4O4/c1-4-9-23-17-15(18(25)24(10-5-2)20(23)28)21-16(22-17)14-8-7-13(19(26)27)11-12(14)6-3/h6-8,11H,3-5,9-10H2,1-2H3,(H,21,22)(H,26,27). The molecule has 0 aliphatic carbocycles. The molecule has 3 rings (SSSR count). The number of carboxylic acid groups (broad SMARTS) is 1. The Bertz CT molecular complexity index is 1180. The minimum atomic E-state index is -1.04. The molecule has 0 bridgehead atoms. The summed E-state index contributed by atoms with van der Waals surface area (Å²) in [6.07, 6.45) is 2.90. The molecule has 0 atom stereocenters. The number of aromatic nitrogens is 4. The Kier molecular flexibility index (Phi) is 5.30. The van der Waals surface area contributed by atoms with E-state index in [1.165, 1.54) is 27.3 Å². The van der Waals surface area contributed by atoms with Gasteiger partial charge in [-0.3, -0.25) is 13.9 Å². The summed E-state index contributed by atoms with van der Waals surface area (Å²) in [7, 11) is 0. The Morgan fingerprint density at radius 3 is 2.50 bits per heavy atom. The number of benzene rings is 1. The number of hydrogen-bond acceptors (Lipinski definition) is 4. The van der Waals surface area contributed by atoms with Crippen LogP contribution in [0.5, 0.6) is 0 Å². The summed E-state index contributed by atoms with van der Waals surface area (Å²) in [5.41, 5.74) is 1.08. The van der Waals surface area contributed by atoms with Crippen LogP contribution in [0.2, 0.25) is 0 Å². The first-order valence-electron chi connectivity index (χ1n) is 9.16. The van der Waals surface area contributed by atoms with Crippen LogP contribution in [0.3, 0.4) is 0 Å². The van der Waals surface area contributed by atoms with Crippen molar-refractivity contribution in [1.82, 2.24) is 19.1 Å². The van der Waals surface area contributed by atoms with Crippen molar-refractivity contribution in [3.8, 4) is 11.4 Å². The summed E-state index contributed by atoms with van der Waals surface area (Å²) >= 11 is 0. The average Bonchev–Trinajstić information content (AvgIpc) is 3.13. The molecule has 2 heterocycles. The first kappa shape index (κ1) is 19.3. The molecular weight excluding hydrogens is 360 g/mol. The summed E-state index contributed by atoms with van der Waals surface area (Å²) in [4.78, 5) is 44.3. The molecule has 8 nitrogen and oxygen atoms in total. The van der Waals surface area contributed by atoms with Crippen molar-refractivity contribution in [3.05, 3.63) is 56.7 Å². The molecule has 2 aromatic heterocycles. The molecule has 1 aromatic carbocycles. The van der Waals surface area contributed by atoms with Gasteiger partial charge in [-0.2, -0.15) is 0 Å². The Morgan fingerprint density at radius 1 is 1.21 bits per heavy atom. The Morgan fingerprint density at radius 2 is 1.89 bits per heavy atom. The van der Waals surface area contributed by atoms with Gasteiger partial charge in [-0.05, 0) is 36.6 Å². The molecule has 0 aliphatic heterocycles. The van der Waals surface area contributed by atoms with Crippen LogP contribution in [0.1, 0.15) is 42.6 Å². The third kappa shape index (κ3) is 3.17. The van der Waals surface area contributed by atoms with E-state index in [4.69, 9.17) is 0 Å². The van der Waals surface area contributed by atoms with Crippen LogP contribution < -0.4 is 11.2 Å². The minimum Gasteiger partial charge on any atom is -0.478 e. The van der Waals surface area contributed by atoms with Crippen LogP contribution in [0.4, 0.5) is 0 Å². The highest BCUT2D eigenvalue weighted by atomic mass is 16.4. The average molecular weight is 382 g/mol. The van der Waals surface area contributed by atoms with E-state index in [1.54, 1.807) is 6.07 Å². The number of aromatic carboxylic acids is 1. The summed E-state index contributed by atoms with van der Waals surface area (Å²) in [6, 6.07) is 4.57. The number of fused-ring (bicyclic) bond motifs is 1. The topological polar surface area (TPSA) is 110 Å². The molecule has 0 aliphatic rings. The molecule has 2 N–H and O–H groups in total. The summed E-state index contributed by atoms with van der Waals surface area (Å²) in [5.74, 6) is -0.657. The van der Waals surface area contributed by atoms with Crippen LogP contribution in [-0.2, 0) is 13.1 Å². The highest BCUT2D eigenvalue weighted by Crippen LogP contribution is 2.25. The minimum absolute atomic E-state index is 0.128. The van der Waals surface area contributed by atoms with E-state index in [0.717, 1.165) is 0 Å². The smallest absolute Gasteiger partial charge is 0.335 e. The predicted octanol–water partition coefficient (Wildman–Crippen LogP) is 2.71.